The van der Waals surface area contributed by atoms with E-state index in [2.05, 4.69) is 0 Å². The highest BCUT2D eigenvalue weighted by Gasteiger charge is 2.24. The normalized spacial score (nSPS) is 17.2. The molecule has 0 amide bonds. The lowest BCUT2D eigenvalue weighted by Gasteiger charge is -2.05. The van der Waals surface area contributed by atoms with Crippen molar-refractivity contribution in [3.8, 4) is 5.75 Å². The molecule has 0 bridgehead atoms. The van der Waals surface area contributed by atoms with Gasteiger partial charge in [-0.15, -0.1) is 0 Å². The Morgan fingerprint density at radius 2 is 2.06 bits per heavy atom. The number of epoxide rings is 1. The van der Waals surface area contributed by atoms with Crippen molar-refractivity contribution < 1.29 is 19.3 Å². The second-order valence-electron chi connectivity index (χ2n) is 3.76. The largest absolute Gasteiger partial charge is 0.487 e. The maximum atomic E-state index is 10.8. The lowest BCUT2D eigenvalue weighted by molar-refractivity contribution is -0.394. The zero-order valence-corrected chi connectivity index (χ0v) is 9.27. The Bertz CT molecular complexity index is 485. The minimum Gasteiger partial charge on any atom is -0.487 e. The molecule has 2 rings (SSSR count). The molecule has 0 N–H and O–H groups in total. The van der Waals surface area contributed by atoms with Crippen LogP contribution in [0.3, 0.4) is 0 Å². The number of nitro groups is 2. The summed E-state index contributed by atoms with van der Waals surface area (Å²) in [6.45, 7) is 0.967. The van der Waals surface area contributed by atoms with Gasteiger partial charge in [-0.1, -0.05) is 0 Å². The molecule has 1 unspecified atom stereocenters. The van der Waals surface area contributed by atoms with Gasteiger partial charge >= 0.3 is 5.69 Å². The molecule has 0 aliphatic carbocycles. The van der Waals surface area contributed by atoms with Crippen LogP contribution in [0.1, 0.15) is 6.42 Å². The number of nitrogens with zero attached hydrogens (tertiary/aromatic N) is 2. The van der Waals surface area contributed by atoms with Crippen LogP contribution in [0.5, 0.6) is 5.75 Å². The minimum atomic E-state index is -0.698. The van der Waals surface area contributed by atoms with E-state index in [-0.39, 0.29) is 24.1 Å². The molecule has 0 radical (unpaired) electrons. The van der Waals surface area contributed by atoms with Crippen molar-refractivity contribution in [3.63, 3.8) is 0 Å². The average Bonchev–Trinajstić information content (AvgIpc) is 3.13. The molecule has 1 aromatic rings. The van der Waals surface area contributed by atoms with Gasteiger partial charge in [0, 0.05) is 12.5 Å². The number of benzene rings is 1. The smallest absolute Gasteiger partial charge is 0.317 e. The van der Waals surface area contributed by atoms with Crippen LogP contribution in [0.2, 0.25) is 0 Å². The van der Waals surface area contributed by atoms with E-state index >= 15 is 0 Å². The summed E-state index contributed by atoms with van der Waals surface area (Å²) in [5.41, 5.74) is -0.736. The lowest BCUT2D eigenvalue weighted by atomic mass is 10.2. The molecule has 18 heavy (non-hydrogen) atoms. The number of nitro benzene ring substituents is 2. The summed E-state index contributed by atoms with van der Waals surface area (Å²) >= 11 is 0. The summed E-state index contributed by atoms with van der Waals surface area (Å²) < 4.78 is 10.2. The molecule has 1 aliphatic rings. The van der Waals surface area contributed by atoms with Gasteiger partial charge < -0.3 is 9.47 Å². The van der Waals surface area contributed by atoms with Crippen molar-refractivity contribution in [2.24, 2.45) is 0 Å². The van der Waals surface area contributed by atoms with Crippen molar-refractivity contribution in [1.82, 2.24) is 0 Å². The SMILES string of the molecule is O=[N+]([O-])c1ccc(OCCC2CO2)c([N+](=O)[O-])c1. The molecule has 96 valence electrons. The highest BCUT2D eigenvalue weighted by molar-refractivity contribution is 5.53. The van der Waals surface area contributed by atoms with Gasteiger partial charge in [0.1, 0.15) is 0 Å². The third kappa shape index (κ3) is 2.92. The Kier molecular flexibility index (Phi) is 3.38. The highest BCUT2D eigenvalue weighted by atomic mass is 16.6. The molecule has 8 nitrogen and oxygen atoms in total. The van der Waals surface area contributed by atoms with Gasteiger partial charge in [0.05, 0.1) is 35.2 Å². The quantitative estimate of drug-likeness (QED) is 0.434. The molecule has 0 saturated carbocycles. The minimum absolute atomic E-state index is 0.0336. The van der Waals surface area contributed by atoms with Gasteiger partial charge in [-0.25, -0.2) is 0 Å². The molecular weight excluding hydrogens is 244 g/mol. The van der Waals surface area contributed by atoms with Crippen LogP contribution in [-0.4, -0.2) is 29.2 Å². The van der Waals surface area contributed by atoms with Crippen molar-refractivity contribution in [2.45, 2.75) is 12.5 Å². The van der Waals surface area contributed by atoms with E-state index in [0.717, 1.165) is 6.07 Å². The van der Waals surface area contributed by atoms with E-state index in [9.17, 15) is 20.2 Å². The maximum Gasteiger partial charge on any atom is 0.317 e. The van der Waals surface area contributed by atoms with Crippen LogP contribution >= 0.6 is 0 Å². The van der Waals surface area contributed by atoms with Crippen molar-refractivity contribution in [1.29, 1.82) is 0 Å². The third-order valence-electron chi connectivity index (χ3n) is 2.45. The number of rotatable bonds is 6. The van der Waals surface area contributed by atoms with E-state index in [1.54, 1.807) is 0 Å². The van der Waals surface area contributed by atoms with Gasteiger partial charge in [0.15, 0.2) is 5.75 Å². The summed E-state index contributed by atoms with van der Waals surface area (Å²) in [5, 5.41) is 21.3. The van der Waals surface area contributed by atoms with E-state index < -0.39 is 15.5 Å². The molecule has 1 fully saturated rings. The standard InChI is InChI=1S/C10H10N2O6/c13-11(14)7-1-2-10(9(5-7)12(15)16)17-4-3-8-6-18-8/h1-2,5,8H,3-4,6H2. The molecule has 1 saturated heterocycles. The zero-order valence-electron chi connectivity index (χ0n) is 9.27. The molecular formula is C10H10N2O6. The number of hydrogen-bond donors (Lipinski definition) is 0. The molecule has 1 atom stereocenters. The maximum absolute atomic E-state index is 10.8. The van der Waals surface area contributed by atoms with Crippen LogP contribution in [-0.2, 0) is 4.74 Å². The van der Waals surface area contributed by atoms with Gasteiger partial charge in [-0.05, 0) is 6.07 Å². The van der Waals surface area contributed by atoms with E-state index in [1.807, 2.05) is 0 Å². The van der Waals surface area contributed by atoms with Gasteiger partial charge in [0.2, 0.25) is 0 Å². The average molecular weight is 254 g/mol. The molecule has 0 spiro atoms. The first-order valence-electron chi connectivity index (χ1n) is 5.25. The summed E-state index contributed by atoms with van der Waals surface area (Å²) in [7, 11) is 0. The van der Waals surface area contributed by atoms with Gasteiger partial charge in [-0.3, -0.25) is 20.2 Å². The first-order valence-corrected chi connectivity index (χ1v) is 5.25. The lowest BCUT2D eigenvalue weighted by Crippen LogP contribution is -2.03. The fourth-order valence-electron chi connectivity index (χ4n) is 1.42. The number of ether oxygens (including phenoxy) is 2. The van der Waals surface area contributed by atoms with Crippen molar-refractivity contribution >= 4 is 11.4 Å². The van der Waals surface area contributed by atoms with Crippen molar-refractivity contribution in [3.05, 3.63) is 38.4 Å². The van der Waals surface area contributed by atoms with Crippen molar-refractivity contribution in [2.75, 3.05) is 13.2 Å². The van der Waals surface area contributed by atoms with Crippen LogP contribution in [0.25, 0.3) is 0 Å². The van der Waals surface area contributed by atoms with Gasteiger partial charge in [0.25, 0.3) is 5.69 Å². The van der Waals surface area contributed by atoms with Gasteiger partial charge in [-0.2, -0.15) is 0 Å². The predicted molar refractivity (Wildman–Crippen MR) is 59.6 cm³/mol. The Hall–Kier alpha value is -2.22. The first-order chi connectivity index (χ1) is 8.58. The summed E-state index contributed by atoms with van der Waals surface area (Å²) in [5.74, 6) is 0.0336. The third-order valence-corrected chi connectivity index (χ3v) is 2.45. The molecule has 1 heterocycles. The topological polar surface area (TPSA) is 108 Å². The monoisotopic (exact) mass is 254 g/mol. The van der Waals surface area contributed by atoms with E-state index in [4.69, 9.17) is 9.47 Å². The van der Waals surface area contributed by atoms with E-state index in [1.165, 1.54) is 12.1 Å². The van der Waals surface area contributed by atoms with Crippen LogP contribution in [0.4, 0.5) is 11.4 Å². The second-order valence-corrected chi connectivity index (χ2v) is 3.76. The first kappa shape index (κ1) is 12.2. The number of hydrogen-bond acceptors (Lipinski definition) is 6. The number of non-ortho nitro benzene ring substituents is 1. The molecule has 1 aromatic carbocycles. The molecule has 1 aliphatic heterocycles. The zero-order chi connectivity index (χ0) is 13.1. The van der Waals surface area contributed by atoms with Crippen LogP contribution in [0, 0.1) is 20.2 Å². The fourth-order valence-corrected chi connectivity index (χ4v) is 1.42. The van der Waals surface area contributed by atoms with Crippen LogP contribution < -0.4 is 4.74 Å². The summed E-state index contributed by atoms with van der Waals surface area (Å²) in [6.07, 6.45) is 0.816. The fraction of sp³-hybridized carbons (Fsp3) is 0.400. The Balaban J connectivity index is 2.11. The van der Waals surface area contributed by atoms with Crippen LogP contribution in [0.15, 0.2) is 18.2 Å². The summed E-state index contributed by atoms with van der Waals surface area (Å²) in [6, 6.07) is 3.31. The Morgan fingerprint density at radius 3 is 2.61 bits per heavy atom. The molecule has 8 heteroatoms. The van der Waals surface area contributed by atoms with E-state index in [0.29, 0.717) is 13.0 Å². The predicted octanol–water partition coefficient (Wildman–Crippen LogP) is 1.67. The highest BCUT2D eigenvalue weighted by Crippen LogP contribution is 2.31. The second kappa shape index (κ2) is 4.96. The molecule has 0 aromatic heterocycles. The Morgan fingerprint density at radius 1 is 1.33 bits per heavy atom. The Labute approximate surface area is 101 Å². The summed E-state index contributed by atoms with van der Waals surface area (Å²) in [4.78, 5) is 19.9.